The van der Waals surface area contributed by atoms with E-state index in [1.54, 1.807) is 45.0 Å². The van der Waals surface area contributed by atoms with Gasteiger partial charge in [-0.1, -0.05) is 12.1 Å². The first-order valence-corrected chi connectivity index (χ1v) is 8.10. The molecule has 0 saturated heterocycles. The van der Waals surface area contributed by atoms with Crippen LogP contribution in [0.5, 0.6) is 0 Å². The number of aryl methyl sites for hydroxylation is 1. The van der Waals surface area contributed by atoms with Crippen molar-refractivity contribution in [2.75, 3.05) is 20.3 Å². The van der Waals surface area contributed by atoms with E-state index in [1.807, 2.05) is 0 Å². The highest BCUT2D eigenvalue weighted by molar-refractivity contribution is 6.07. The molecule has 1 aromatic heterocycles. The van der Waals surface area contributed by atoms with Crippen molar-refractivity contribution < 1.29 is 33.0 Å². The van der Waals surface area contributed by atoms with Crippen LogP contribution in [0.3, 0.4) is 0 Å². The van der Waals surface area contributed by atoms with Crippen molar-refractivity contribution in [3.8, 4) is 11.1 Å². The second kappa shape index (κ2) is 8.33. The molecule has 0 bridgehead atoms. The van der Waals surface area contributed by atoms with E-state index in [9.17, 15) is 14.4 Å². The molecule has 0 amide bonds. The van der Waals surface area contributed by atoms with Gasteiger partial charge in [-0.2, -0.15) is 0 Å². The van der Waals surface area contributed by atoms with Crippen LogP contribution in [0.2, 0.25) is 0 Å². The molecule has 7 heteroatoms. The molecule has 0 aliphatic rings. The zero-order valence-electron chi connectivity index (χ0n) is 15.1. The van der Waals surface area contributed by atoms with E-state index in [-0.39, 0.29) is 24.5 Å². The Hall–Kier alpha value is -3.09. The second-order valence-electron chi connectivity index (χ2n) is 5.25. The summed E-state index contributed by atoms with van der Waals surface area (Å²) in [6.45, 7) is 5.24. The number of benzene rings is 1. The third-order valence-electron chi connectivity index (χ3n) is 3.62. The van der Waals surface area contributed by atoms with Crippen LogP contribution in [0, 0.1) is 6.92 Å². The topological polar surface area (TPSA) is 92.0 Å². The molecule has 0 saturated carbocycles. The van der Waals surface area contributed by atoms with Crippen molar-refractivity contribution in [2.24, 2.45) is 0 Å². The molecule has 0 unspecified atom stereocenters. The summed E-state index contributed by atoms with van der Waals surface area (Å²) in [5.41, 5.74) is 1.38. The van der Waals surface area contributed by atoms with E-state index in [0.29, 0.717) is 22.5 Å². The highest BCUT2D eigenvalue weighted by Gasteiger charge is 2.31. The van der Waals surface area contributed by atoms with Gasteiger partial charge in [-0.25, -0.2) is 14.4 Å². The Kier molecular flexibility index (Phi) is 6.16. The lowest BCUT2D eigenvalue weighted by Crippen LogP contribution is -2.13. The van der Waals surface area contributed by atoms with E-state index < -0.39 is 17.9 Å². The molecule has 26 heavy (non-hydrogen) atoms. The van der Waals surface area contributed by atoms with Gasteiger partial charge in [0, 0.05) is 5.56 Å². The van der Waals surface area contributed by atoms with Crippen LogP contribution < -0.4 is 0 Å². The zero-order chi connectivity index (χ0) is 19.3. The van der Waals surface area contributed by atoms with Gasteiger partial charge in [-0.15, -0.1) is 0 Å². The van der Waals surface area contributed by atoms with Crippen molar-refractivity contribution in [1.29, 1.82) is 0 Å². The lowest BCUT2D eigenvalue weighted by Gasteiger charge is -2.07. The van der Waals surface area contributed by atoms with E-state index >= 15 is 0 Å². The Morgan fingerprint density at radius 3 is 2.04 bits per heavy atom. The highest BCUT2D eigenvalue weighted by Crippen LogP contribution is 2.34. The number of methoxy groups -OCH3 is 1. The van der Waals surface area contributed by atoms with E-state index in [0.717, 1.165) is 0 Å². The molecular weight excluding hydrogens is 340 g/mol. The summed E-state index contributed by atoms with van der Waals surface area (Å²) < 4.78 is 20.2. The largest absolute Gasteiger partial charge is 0.465 e. The van der Waals surface area contributed by atoms with Crippen molar-refractivity contribution >= 4 is 17.9 Å². The Labute approximate surface area is 150 Å². The molecule has 1 aromatic carbocycles. The standard InChI is InChI=1S/C19H20O7/c1-5-24-18(21)15-14(11(3)26-16(15)19(22)25-6-2)12-7-9-13(10-8-12)17(20)23-4/h7-10H,5-6H2,1-4H3. The molecule has 2 rings (SSSR count). The SMILES string of the molecule is CCOC(=O)c1oc(C)c(-c2ccc(C(=O)OC)cc2)c1C(=O)OCC. The summed E-state index contributed by atoms with van der Waals surface area (Å²) >= 11 is 0. The average Bonchev–Trinajstić information content (AvgIpc) is 2.99. The van der Waals surface area contributed by atoms with Crippen LogP contribution in [0.1, 0.15) is 50.9 Å². The number of furan rings is 1. The maximum atomic E-state index is 12.4. The van der Waals surface area contributed by atoms with Crippen LogP contribution in [0.15, 0.2) is 28.7 Å². The predicted octanol–water partition coefficient (Wildman–Crippen LogP) is 3.40. The summed E-state index contributed by atoms with van der Waals surface area (Å²) in [6, 6.07) is 6.41. The van der Waals surface area contributed by atoms with Gasteiger partial charge in [-0.05, 0) is 38.5 Å². The van der Waals surface area contributed by atoms with E-state index in [2.05, 4.69) is 4.74 Å². The first-order chi connectivity index (χ1) is 12.4. The number of rotatable bonds is 6. The van der Waals surface area contributed by atoms with Gasteiger partial charge in [0.1, 0.15) is 11.3 Å². The second-order valence-corrected chi connectivity index (χ2v) is 5.25. The van der Waals surface area contributed by atoms with Crippen molar-refractivity contribution in [3.05, 3.63) is 46.9 Å². The molecule has 0 spiro atoms. The van der Waals surface area contributed by atoms with Crippen LogP contribution in [-0.4, -0.2) is 38.2 Å². The number of hydrogen-bond donors (Lipinski definition) is 0. The minimum atomic E-state index is -0.740. The highest BCUT2D eigenvalue weighted by atomic mass is 16.5. The number of carbonyl (C=O) groups excluding carboxylic acids is 3. The fraction of sp³-hybridized carbons (Fsp3) is 0.316. The summed E-state index contributed by atoms with van der Waals surface area (Å²) in [6.07, 6.45) is 0. The first-order valence-electron chi connectivity index (χ1n) is 8.10. The number of hydrogen-bond acceptors (Lipinski definition) is 7. The van der Waals surface area contributed by atoms with Gasteiger partial charge >= 0.3 is 17.9 Å². The van der Waals surface area contributed by atoms with Crippen molar-refractivity contribution in [1.82, 2.24) is 0 Å². The third-order valence-corrected chi connectivity index (χ3v) is 3.62. The zero-order valence-corrected chi connectivity index (χ0v) is 15.1. The van der Waals surface area contributed by atoms with Gasteiger partial charge in [0.05, 0.1) is 25.9 Å². The van der Waals surface area contributed by atoms with E-state index in [4.69, 9.17) is 13.9 Å². The maximum Gasteiger partial charge on any atom is 0.375 e. The molecule has 2 aromatic rings. The average molecular weight is 360 g/mol. The fourth-order valence-electron chi connectivity index (χ4n) is 2.52. The molecule has 0 fully saturated rings. The quantitative estimate of drug-likeness (QED) is 0.576. The molecule has 0 N–H and O–H groups in total. The van der Waals surface area contributed by atoms with Gasteiger partial charge < -0.3 is 18.6 Å². The van der Waals surface area contributed by atoms with Crippen LogP contribution in [-0.2, 0) is 14.2 Å². The van der Waals surface area contributed by atoms with Crippen molar-refractivity contribution in [3.63, 3.8) is 0 Å². The molecule has 1 heterocycles. The summed E-state index contributed by atoms with van der Waals surface area (Å²) in [4.78, 5) is 36.2. The van der Waals surface area contributed by atoms with Gasteiger partial charge in [0.2, 0.25) is 5.76 Å². The maximum absolute atomic E-state index is 12.4. The predicted molar refractivity (Wildman–Crippen MR) is 92.1 cm³/mol. The molecule has 7 nitrogen and oxygen atoms in total. The Morgan fingerprint density at radius 1 is 0.923 bits per heavy atom. The fourth-order valence-corrected chi connectivity index (χ4v) is 2.52. The smallest absolute Gasteiger partial charge is 0.375 e. The lowest BCUT2D eigenvalue weighted by atomic mass is 9.99. The number of esters is 3. The molecule has 138 valence electrons. The monoisotopic (exact) mass is 360 g/mol. The summed E-state index contributed by atoms with van der Waals surface area (Å²) in [5, 5.41) is 0. The lowest BCUT2D eigenvalue weighted by molar-refractivity contribution is 0.0451. The summed E-state index contributed by atoms with van der Waals surface area (Å²) in [7, 11) is 1.29. The van der Waals surface area contributed by atoms with Crippen LogP contribution in [0.25, 0.3) is 11.1 Å². The summed E-state index contributed by atoms with van der Waals surface area (Å²) in [5.74, 6) is -1.73. The normalized spacial score (nSPS) is 10.3. The molecule has 0 aliphatic carbocycles. The Balaban J connectivity index is 2.58. The Bertz CT molecular complexity index is 815. The van der Waals surface area contributed by atoms with Crippen LogP contribution >= 0.6 is 0 Å². The number of ether oxygens (including phenoxy) is 3. The van der Waals surface area contributed by atoms with Crippen LogP contribution in [0.4, 0.5) is 0 Å². The minimum Gasteiger partial charge on any atom is -0.465 e. The van der Waals surface area contributed by atoms with Gasteiger partial charge in [0.15, 0.2) is 0 Å². The third kappa shape index (κ3) is 3.77. The molecular formula is C19H20O7. The minimum absolute atomic E-state index is 0.00798. The first kappa shape index (κ1) is 19.2. The van der Waals surface area contributed by atoms with E-state index in [1.165, 1.54) is 7.11 Å². The van der Waals surface area contributed by atoms with Crippen molar-refractivity contribution in [2.45, 2.75) is 20.8 Å². The van der Waals surface area contributed by atoms with Gasteiger partial charge in [-0.3, -0.25) is 0 Å². The molecule has 0 aliphatic heterocycles. The Morgan fingerprint density at radius 2 is 1.50 bits per heavy atom. The molecule has 0 atom stereocenters. The number of carbonyl (C=O) groups is 3. The molecule has 0 radical (unpaired) electrons. The van der Waals surface area contributed by atoms with Gasteiger partial charge in [0.25, 0.3) is 0 Å².